The number of nitrogens with one attached hydrogen (secondary N) is 1. The van der Waals surface area contributed by atoms with Crippen LogP contribution in [0.3, 0.4) is 0 Å². The van der Waals surface area contributed by atoms with Crippen molar-refractivity contribution in [3.8, 4) is 16.8 Å². The first kappa shape index (κ1) is 19.2. The maximum Gasteiger partial charge on any atom is 0.264 e. The maximum atomic E-state index is 12.2. The van der Waals surface area contributed by atoms with Gasteiger partial charge in [-0.05, 0) is 53.6 Å². The number of hydrogen-bond donors (Lipinski definition) is 1. The van der Waals surface area contributed by atoms with Crippen LogP contribution in [0.2, 0.25) is 5.02 Å². The molecule has 0 aliphatic rings. The lowest BCUT2D eigenvalue weighted by Crippen LogP contribution is -2.29. The van der Waals surface area contributed by atoms with Crippen molar-refractivity contribution in [1.29, 1.82) is 0 Å². The lowest BCUT2D eigenvalue weighted by atomic mass is 10.1. The van der Waals surface area contributed by atoms with Gasteiger partial charge in [0.15, 0.2) is 0 Å². The van der Waals surface area contributed by atoms with Crippen LogP contribution in [0.1, 0.15) is 10.4 Å². The van der Waals surface area contributed by atoms with Crippen molar-refractivity contribution in [3.05, 3.63) is 83.6 Å². The molecule has 3 aromatic carbocycles. The third-order valence-electron chi connectivity index (χ3n) is 4.39. The average molecular weight is 426 g/mol. The zero-order valence-corrected chi connectivity index (χ0v) is 16.9. The van der Waals surface area contributed by atoms with Crippen LogP contribution in [0.15, 0.2) is 73.1 Å². The molecular formula is C21H16ClN3O3S. The molecular weight excluding hydrogens is 410 g/mol. The summed E-state index contributed by atoms with van der Waals surface area (Å²) in [6.07, 6.45) is 2.61. The van der Waals surface area contributed by atoms with Crippen LogP contribution >= 0.6 is 11.6 Å². The van der Waals surface area contributed by atoms with Crippen molar-refractivity contribution in [1.82, 2.24) is 14.3 Å². The zero-order valence-electron chi connectivity index (χ0n) is 15.3. The third kappa shape index (κ3) is 4.16. The Balaban J connectivity index is 1.76. The van der Waals surface area contributed by atoms with E-state index in [2.05, 4.69) is 4.98 Å². The summed E-state index contributed by atoms with van der Waals surface area (Å²) in [5, 5.41) is 0.672. The van der Waals surface area contributed by atoms with Gasteiger partial charge < -0.3 is 0 Å². The second-order valence-corrected chi connectivity index (χ2v) is 8.76. The quantitative estimate of drug-likeness (QED) is 0.535. The fourth-order valence-electron chi connectivity index (χ4n) is 3.06. The number of nitrogens with zero attached hydrogens (tertiary/aromatic N) is 2. The van der Waals surface area contributed by atoms with E-state index in [-0.39, 0.29) is 5.56 Å². The number of imidazole rings is 1. The molecule has 1 heterocycles. The fourth-order valence-corrected chi connectivity index (χ4v) is 3.64. The van der Waals surface area contributed by atoms with E-state index in [0.29, 0.717) is 16.1 Å². The maximum absolute atomic E-state index is 12.2. The van der Waals surface area contributed by atoms with E-state index in [1.165, 1.54) is 0 Å². The molecule has 8 heteroatoms. The summed E-state index contributed by atoms with van der Waals surface area (Å²) < 4.78 is 26.5. The molecule has 4 aromatic rings. The number of carbonyl (C=O) groups excluding carboxylic acids is 1. The molecule has 0 saturated heterocycles. The monoisotopic (exact) mass is 425 g/mol. The second kappa shape index (κ2) is 7.35. The Bertz CT molecular complexity index is 1330. The molecule has 1 aromatic heterocycles. The second-order valence-electron chi connectivity index (χ2n) is 6.58. The van der Waals surface area contributed by atoms with Crippen LogP contribution in [-0.2, 0) is 10.0 Å². The predicted octanol–water partition coefficient (Wildman–Crippen LogP) is 4.04. The number of sulfonamides is 1. The summed E-state index contributed by atoms with van der Waals surface area (Å²) in [6.45, 7) is 0. The number of fused-ring (bicyclic) bond motifs is 1. The minimum atomic E-state index is -3.64. The minimum absolute atomic E-state index is 0.235. The number of hydrogen-bond acceptors (Lipinski definition) is 4. The Morgan fingerprint density at radius 3 is 2.48 bits per heavy atom. The van der Waals surface area contributed by atoms with Crippen LogP contribution in [0.4, 0.5) is 0 Å². The first-order valence-electron chi connectivity index (χ1n) is 8.66. The van der Waals surface area contributed by atoms with E-state index < -0.39 is 15.9 Å². The highest BCUT2D eigenvalue weighted by molar-refractivity contribution is 7.89. The van der Waals surface area contributed by atoms with E-state index in [0.717, 1.165) is 23.1 Å². The SMILES string of the molecule is CS(=O)(=O)NC(=O)c1ccc2ncn(-c3cccc(-c4ccc(Cl)cc4)c3)c2c1. The molecule has 0 atom stereocenters. The Labute approximate surface area is 172 Å². The zero-order chi connectivity index (χ0) is 20.6. The highest BCUT2D eigenvalue weighted by atomic mass is 35.5. The van der Waals surface area contributed by atoms with Gasteiger partial charge in [-0.3, -0.25) is 9.36 Å². The Morgan fingerprint density at radius 1 is 1.00 bits per heavy atom. The molecule has 0 saturated carbocycles. The predicted molar refractivity (Wildman–Crippen MR) is 114 cm³/mol. The summed E-state index contributed by atoms with van der Waals surface area (Å²) in [4.78, 5) is 16.6. The molecule has 0 fully saturated rings. The van der Waals surface area contributed by atoms with Gasteiger partial charge in [0.25, 0.3) is 5.91 Å². The lowest BCUT2D eigenvalue weighted by molar-refractivity contribution is 0.0982. The summed E-state index contributed by atoms with van der Waals surface area (Å²) in [7, 11) is -3.64. The van der Waals surface area contributed by atoms with Crippen molar-refractivity contribution in [2.24, 2.45) is 0 Å². The van der Waals surface area contributed by atoms with E-state index >= 15 is 0 Å². The number of halogens is 1. The van der Waals surface area contributed by atoms with Gasteiger partial charge in [-0.25, -0.2) is 18.1 Å². The molecule has 1 N–H and O–H groups in total. The summed E-state index contributed by atoms with van der Waals surface area (Å²) in [5.74, 6) is -0.683. The number of benzene rings is 3. The van der Waals surface area contributed by atoms with Crippen LogP contribution in [0.25, 0.3) is 27.8 Å². The van der Waals surface area contributed by atoms with Gasteiger partial charge >= 0.3 is 0 Å². The largest absolute Gasteiger partial charge is 0.299 e. The number of amides is 1. The molecule has 6 nitrogen and oxygen atoms in total. The van der Waals surface area contributed by atoms with E-state index in [4.69, 9.17) is 11.6 Å². The van der Waals surface area contributed by atoms with Gasteiger partial charge in [-0.15, -0.1) is 0 Å². The van der Waals surface area contributed by atoms with Crippen LogP contribution in [0, 0.1) is 0 Å². The normalized spacial score (nSPS) is 11.5. The molecule has 0 radical (unpaired) electrons. The number of rotatable bonds is 4. The fraction of sp³-hybridized carbons (Fsp3) is 0.0476. The molecule has 4 rings (SSSR count). The molecule has 29 heavy (non-hydrogen) atoms. The van der Waals surface area contributed by atoms with E-state index in [1.54, 1.807) is 24.5 Å². The summed E-state index contributed by atoms with van der Waals surface area (Å²) in [5.41, 5.74) is 4.51. The first-order chi connectivity index (χ1) is 13.8. The third-order valence-corrected chi connectivity index (χ3v) is 5.20. The van der Waals surface area contributed by atoms with Crippen LogP contribution < -0.4 is 4.72 Å². The average Bonchev–Trinajstić information content (AvgIpc) is 3.10. The highest BCUT2D eigenvalue weighted by Gasteiger charge is 2.14. The Hall–Kier alpha value is -3.16. The molecule has 0 bridgehead atoms. The molecule has 0 unspecified atom stereocenters. The van der Waals surface area contributed by atoms with Crippen LogP contribution in [0.5, 0.6) is 0 Å². The molecule has 0 aliphatic heterocycles. The first-order valence-corrected chi connectivity index (χ1v) is 10.9. The Kier molecular flexibility index (Phi) is 4.86. The van der Waals surface area contributed by atoms with Gasteiger partial charge in [0, 0.05) is 16.3 Å². The minimum Gasteiger partial charge on any atom is -0.299 e. The Morgan fingerprint density at radius 2 is 1.76 bits per heavy atom. The van der Waals surface area contributed by atoms with E-state index in [1.807, 2.05) is 57.8 Å². The van der Waals surface area contributed by atoms with Gasteiger partial charge in [0.05, 0.1) is 17.3 Å². The molecule has 0 spiro atoms. The lowest BCUT2D eigenvalue weighted by Gasteiger charge is -2.09. The van der Waals surface area contributed by atoms with Gasteiger partial charge in [-0.1, -0.05) is 35.9 Å². The molecule has 146 valence electrons. The van der Waals surface area contributed by atoms with Gasteiger partial charge in [0.1, 0.15) is 6.33 Å². The molecule has 0 aliphatic carbocycles. The van der Waals surface area contributed by atoms with Crippen molar-refractivity contribution >= 4 is 38.6 Å². The smallest absolute Gasteiger partial charge is 0.264 e. The molecule has 1 amide bonds. The van der Waals surface area contributed by atoms with Gasteiger partial charge in [-0.2, -0.15) is 0 Å². The standard InChI is InChI=1S/C21H16ClN3O3S/c1-29(27,28)24-21(26)16-7-10-19-20(12-16)25(13-23-19)18-4-2-3-15(11-18)14-5-8-17(22)9-6-14/h2-13H,1H3,(H,24,26). The summed E-state index contributed by atoms with van der Waals surface area (Å²) in [6, 6.07) is 20.3. The van der Waals surface area contributed by atoms with Crippen molar-refractivity contribution in [2.45, 2.75) is 0 Å². The number of carbonyl (C=O) groups is 1. The topological polar surface area (TPSA) is 81.1 Å². The van der Waals surface area contributed by atoms with Crippen molar-refractivity contribution in [3.63, 3.8) is 0 Å². The van der Waals surface area contributed by atoms with Gasteiger partial charge in [0.2, 0.25) is 10.0 Å². The highest BCUT2D eigenvalue weighted by Crippen LogP contribution is 2.26. The van der Waals surface area contributed by atoms with Crippen molar-refractivity contribution in [2.75, 3.05) is 6.26 Å². The van der Waals surface area contributed by atoms with Crippen molar-refractivity contribution < 1.29 is 13.2 Å². The van der Waals surface area contributed by atoms with E-state index in [9.17, 15) is 13.2 Å². The number of aromatic nitrogens is 2. The summed E-state index contributed by atoms with van der Waals surface area (Å²) >= 11 is 5.97. The van der Waals surface area contributed by atoms with Crippen LogP contribution in [-0.4, -0.2) is 30.1 Å².